The number of nitrogens with one attached hydrogen (secondary N) is 1. The van der Waals surface area contributed by atoms with E-state index in [4.69, 9.17) is 0 Å². The van der Waals surface area contributed by atoms with Crippen LogP contribution in [0.25, 0.3) is 0 Å². The van der Waals surface area contributed by atoms with Crippen LogP contribution in [0.1, 0.15) is 16.1 Å². The van der Waals surface area contributed by atoms with Gasteiger partial charge in [-0.15, -0.1) is 5.10 Å². The summed E-state index contributed by atoms with van der Waals surface area (Å²) in [5.74, 6) is -0.495. The van der Waals surface area contributed by atoms with Gasteiger partial charge in [0.15, 0.2) is 5.69 Å². The minimum absolute atomic E-state index is 0.0463. The van der Waals surface area contributed by atoms with Crippen LogP contribution in [-0.4, -0.2) is 45.8 Å². The molecule has 1 aromatic heterocycles. The van der Waals surface area contributed by atoms with Gasteiger partial charge in [0, 0.05) is 24.3 Å². The zero-order valence-corrected chi connectivity index (χ0v) is 14.1. The maximum absolute atomic E-state index is 12.1. The monoisotopic (exact) mass is 365 g/mol. The predicted molar refractivity (Wildman–Crippen MR) is 85.5 cm³/mol. The molecule has 0 unspecified atom stereocenters. The van der Waals surface area contributed by atoms with Gasteiger partial charge in [0.2, 0.25) is 5.91 Å². The summed E-state index contributed by atoms with van der Waals surface area (Å²) in [6, 6.07) is 5.49. The van der Waals surface area contributed by atoms with Gasteiger partial charge < -0.3 is 10.2 Å². The van der Waals surface area contributed by atoms with Crippen molar-refractivity contribution in [3.05, 3.63) is 40.1 Å². The molecule has 0 radical (unpaired) electrons. The summed E-state index contributed by atoms with van der Waals surface area (Å²) in [7, 11) is 3.31. The number of aromatic nitrogens is 3. The molecule has 2 amide bonds. The van der Waals surface area contributed by atoms with Crippen LogP contribution < -0.4 is 5.32 Å². The molecular formula is C14H16BrN5O2. The van der Waals surface area contributed by atoms with Gasteiger partial charge in [-0.25, -0.2) is 4.68 Å². The molecule has 7 nitrogen and oxygen atoms in total. The van der Waals surface area contributed by atoms with Gasteiger partial charge in [-0.2, -0.15) is 0 Å². The van der Waals surface area contributed by atoms with Gasteiger partial charge in [-0.05, 0) is 30.7 Å². The van der Waals surface area contributed by atoms with Gasteiger partial charge in [-0.3, -0.25) is 9.59 Å². The van der Waals surface area contributed by atoms with E-state index in [0.717, 1.165) is 10.0 Å². The molecule has 0 atom stereocenters. The Morgan fingerprint density at radius 2 is 2.09 bits per heavy atom. The molecule has 0 spiro atoms. The lowest BCUT2D eigenvalue weighted by molar-refractivity contribution is -0.129. The van der Waals surface area contributed by atoms with Crippen LogP contribution in [0.4, 0.5) is 5.69 Å². The van der Waals surface area contributed by atoms with Crippen molar-refractivity contribution in [3.63, 3.8) is 0 Å². The second kappa shape index (κ2) is 6.69. The number of aryl methyl sites for hydroxylation is 1. The SMILES string of the molecule is Cc1cc(NC(=O)c2cn(CC(=O)N(C)C)nn2)ccc1Br. The third-order valence-electron chi connectivity index (χ3n) is 2.98. The van der Waals surface area contributed by atoms with Crippen LogP contribution in [0.3, 0.4) is 0 Å². The number of amides is 2. The van der Waals surface area contributed by atoms with Gasteiger partial charge in [-0.1, -0.05) is 21.1 Å². The number of carbonyl (C=O) groups excluding carboxylic acids is 2. The van der Waals surface area contributed by atoms with E-state index in [9.17, 15) is 9.59 Å². The number of rotatable bonds is 4. The van der Waals surface area contributed by atoms with Gasteiger partial charge in [0.05, 0.1) is 6.20 Å². The molecule has 0 aliphatic rings. The largest absolute Gasteiger partial charge is 0.347 e. The fourth-order valence-corrected chi connectivity index (χ4v) is 1.92. The minimum Gasteiger partial charge on any atom is -0.347 e. The first-order valence-corrected chi connectivity index (χ1v) is 7.34. The Kier molecular flexibility index (Phi) is 4.92. The van der Waals surface area contributed by atoms with Gasteiger partial charge in [0.25, 0.3) is 5.91 Å². The van der Waals surface area contributed by atoms with Crippen molar-refractivity contribution in [2.45, 2.75) is 13.5 Å². The van der Waals surface area contributed by atoms with Crippen molar-refractivity contribution in [1.29, 1.82) is 0 Å². The maximum Gasteiger partial charge on any atom is 0.277 e. The highest BCUT2D eigenvalue weighted by Crippen LogP contribution is 2.20. The molecule has 1 heterocycles. The highest BCUT2D eigenvalue weighted by molar-refractivity contribution is 9.10. The summed E-state index contributed by atoms with van der Waals surface area (Å²) in [5.41, 5.74) is 1.84. The predicted octanol–water partition coefficient (Wildman–Crippen LogP) is 1.69. The number of carbonyl (C=O) groups is 2. The van der Waals surface area contributed by atoms with Crippen LogP contribution in [-0.2, 0) is 11.3 Å². The molecule has 0 fully saturated rings. The second-order valence-corrected chi connectivity index (χ2v) is 5.86. The van der Waals surface area contributed by atoms with E-state index in [0.29, 0.717) is 5.69 Å². The van der Waals surface area contributed by atoms with Crippen LogP contribution in [0.5, 0.6) is 0 Å². The number of likely N-dealkylation sites (N-methyl/N-ethyl adjacent to an activating group) is 1. The topological polar surface area (TPSA) is 80.1 Å². The molecule has 0 saturated heterocycles. The maximum atomic E-state index is 12.1. The Labute approximate surface area is 136 Å². The Morgan fingerprint density at radius 3 is 2.73 bits per heavy atom. The van der Waals surface area contributed by atoms with Crippen LogP contribution in [0.2, 0.25) is 0 Å². The molecular weight excluding hydrogens is 350 g/mol. The normalized spacial score (nSPS) is 10.4. The molecule has 1 N–H and O–H groups in total. The minimum atomic E-state index is -0.370. The standard InChI is InChI=1S/C14H16BrN5O2/c1-9-6-10(4-5-11(9)15)16-14(22)12-7-20(18-17-12)8-13(21)19(2)3/h4-7H,8H2,1-3H3,(H,16,22). The molecule has 0 saturated carbocycles. The molecule has 1 aromatic carbocycles. The molecule has 2 aromatic rings. The zero-order chi connectivity index (χ0) is 16.3. The van der Waals surface area contributed by atoms with E-state index in [1.54, 1.807) is 20.2 Å². The van der Waals surface area contributed by atoms with E-state index < -0.39 is 0 Å². The molecule has 22 heavy (non-hydrogen) atoms. The third kappa shape index (κ3) is 3.91. The van der Waals surface area contributed by atoms with Crippen LogP contribution in [0.15, 0.2) is 28.9 Å². The number of hydrogen-bond acceptors (Lipinski definition) is 4. The Morgan fingerprint density at radius 1 is 1.36 bits per heavy atom. The summed E-state index contributed by atoms with van der Waals surface area (Å²) in [6.07, 6.45) is 1.45. The smallest absolute Gasteiger partial charge is 0.277 e. The van der Waals surface area contributed by atoms with Gasteiger partial charge >= 0.3 is 0 Å². The molecule has 116 valence electrons. The lowest BCUT2D eigenvalue weighted by atomic mass is 10.2. The van der Waals surface area contributed by atoms with Crippen molar-refractivity contribution in [2.75, 3.05) is 19.4 Å². The summed E-state index contributed by atoms with van der Waals surface area (Å²) >= 11 is 3.40. The average Bonchev–Trinajstić information content (AvgIpc) is 2.91. The summed E-state index contributed by atoms with van der Waals surface area (Å²) in [5, 5.41) is 10.3. The fraction of sp³-hybridized carbons (Fsp3) is 0.286. The van der Waals surface area contributed by atoms with Crippen molar-refractivity contribution < 1.29 is 9.59 Å². The van der Waals surface area contributed by atoms with Crippen molar-refractivity contribution in [1.82, 2.24) is 19.9 Å². The molecule has 0 aliphatic heterocycles. The van der Waals surface area contributed by atoms with E-state index in [-0.39, 0.29) is 24.1 Å². The summed E-state index contributed by atoms with van der Waals surface area (Å²) in [6.45, 7) is 1.98. The van der Waals surface area contributed by atoms with Crippen molar-refractivity contribution in [3.8, 4) is 0 Å². The van der Waals surface area contributed by atoms with Crippen LogP contribution >= 0.6 is 15.9 Å². The van der Waals surface area contributed by atoms with E-state index in [2.05, 4.69) is 31.6 Å². The lowest BCUT2D eigenvalue weighted by Gasteiger charge is -2.08. The Bertz CT molecular complexity index is 711. The highest BCUT2D eigenvalue weighted by Gasteiger charge is 2.13. The number of nitrogens with zero attached hydrogens (tertiary/aromatic N) is 4. The molecule has 0 aliphatic carbocycles. The van der Waals surface area contributed by atoms with Crippen molar-refractivity contribution >= 4 is 33.4 Å². The highest BCUT2D eigenvalue weighted by atomic mass is 79.9. The number of anilines is 1. The first-order chi connectivity index (χ1) is 10.4. The average molecular weight is 366 g/mol. The van der Waals surface area contributed by atoms with E-state index in [1.807, 2.05) is 19.1 Å². The third-order valence-corrected chi connectivity index (χ3v) is 3.87. The Hall–Kier alpha value is -2.22. The number of halogens is 1. The Balaban J connectivity index is 2.05. The first kappa shape index (κ1) is 16.2. The van der Waals surface area contributed by atoms with E-state index in [1.165, 1.54) is 15.8 Å². The molecule has 2 rings (SSSR count). The van der Waals surface area contributed by atoms with Crippen LogP contribution in [0, 0.1) is 6.92 Å². The van der Waals surface area contributed by atoms with Crippen molar-refractivity contribution in [2.24, 2.45) is 0 Å². The number of hydrogen-bond donors (Lipinski definition) is 1. The molecule has 8 heteroatoms. The summed E-state index contributed by atoms with van der Waals surface area (Å²) in [4.78, 5) is 25.1. The summed E-state index contributed by atoms with van der Waals surface area (Å²) < 4.78 is 2.31. The first-order valence-electron chi connectivity index (χ1n) is 6.54. The lowest BCUT2D eigenvalue weighted by Crippen LogP contribution is -2.26. The second-order valence-electron chi connectivity index (χ2n) is 5.01. The number of benzene rings is 1. The quantitative estimate of drug-likeness (QED) is 0.893. The van der Waals surface area contributed by atoms with E-state index >= 15 is 0 Å². The fourth-order valence-electron chi connectivity index (χ4n) is 1.68. The zero-order valence-electron chi connectivity index (χ0n) is 12.5. The van der Waals surface area contributed by atoms with Gasteiger partial charge in [0.1, 0.15) is 6.54 Å². The molecule has 0 bridgehead atoms.